The van der Waals surface area contributed by atoms with Gasteiger partial charge in [0.15, 0.2) is 0 Å². The van der Waals surface area contributed by atoms with E-state index in [0.29, 0.717) is 0 Å². The van der Waals surface area contributed by atoms with E-state index in [2.05, 4.69) is 53.8 Å². The highest BCUT2D eigenvalue weighted by Crippen LogP contribution is 2.38. The Morgan fingerprint density at radius 3 is 2.40 bits per heavy atom. The highest BCUT2D eigenvalue weighted by molar-refractivity contribution is 14.1. The van der Waals surface area contributed by atoms with Gasteiger partial charge in [0.05, 0.1) is 0 Å². The van der Waals surface area contributed by atoms with Crippen LogP contribution in [0.5, 0.6) is 0 Å². The van der Waals surface area contributed by atoms with E-state index >= 15 is 0 Å². The Morgan fingerprint density at radius 1 is 1.13 bits per heavy atom. The van der Waals surface area contributed by atoms with Crippen molar-refractivity contribution in [3.63, 3.8) is 0 Å². The Morgan fingerprint density at radius 2 is 1.80 bits per heavy atom. The second kappa shape index (κ2) is 5.33. The number of benzene rings is 1. The Labute approximate surface area is 107 Å². The van der Waals surface area contributed by atoms with Crippen molar-refractivity contribution in [1.29, 1.82) is 0 Å². The van der Waals surface area contributed by atoms with E-state index in [1.807, 2.05) is 0 Å². The minimum Gasteiger partial charge on any atom is -0.0651 e. The molecule has 0 unspecified atom stereocenters. The third-order valence-electron chi connectivity index (χ3n) is 3.77. The van der Waals surface area contributed by atoms with Gasteiger partial charge in [-0.1, -0.05) is 31.5 Å². The zero-order valence-corrected chi connectivity index (χ0v) is 11.5. The van der Waals surface area contributed by atoms with E-state index in [1.165, 1.54) is 35.7 Å². The van der Waals surface area contributed by atoms with Crippen LogP contribution >= 0.6 is 22.6 Å². The number of hydrogen-bond acceptors (Lipinski definition) is 0. The molecule has 1 heteroatoms. The zero-order valence-electron chi connectivity index (χ0n) is 9.38. The van der Waals surface area contributed by atoms with Crippen LogP contribution in [0.1, 0.15) is 50.5 Å². The van der Waals surface area contributed by atoms with Crippen LogP contribution in [0.25, 0.3) is 0 Å². The largest absolute Gasteiger partial charge is 0.0651 e. The van der Waals surface area contributed by atoms with Gasteiger partial charge in [-0.15, -0.1) is 0 Å². The lowest BCUT2D eigenvalue weighted by Crippen LogP contribution is -2.13. The fraction of sp³-hybridized carbons (Fsp3) is 0.571. The maximum atomic E-state index is 2.48. The van der Waals surface area contributed by atoms with E-state index in [4.69, 9.17) is 0 Å². The molecule has 1 aliphatic rings. The van der Waals surface area contributed by atoms with E-state index < -0.39 is 0 Å². The first-order valence-electron chi connectivity index (χ1n) is 6.05. The molecule has 0 nitrogen and oxygen atoms in total. The van der Waals surface area contributed by atoms with Crippen LogP contribution in [0.2, 0.25) is 0 Å². The van der Waals surface area contributed by atoms with Gasteiger partial charge in [0, 0.05) is 3.57 Å². The zero-order chi connectivity index (χ0) is 10.7. The average Bonchev–Trinajstić information content (AvgIpc) is 2.30. The van der Waals surface area contributed by atoms with Crippen molar-refractivity contribution < 1.29 is 0 Å². The Balaban J connectivity index is 2.04. The van der Waals surface area contributed by atoms with Gasteiger partial charge in [-0.2, -0.15) is 0 Å². The van der Waals surface area contributed by atoms with Crippen LogP contribution in [0.3, 0.4) is 0 Å². The van der Waals surface area contributed by atoms with Gasteiger partial charge in [-0.3, -0.25) is 0 Å². The van der Waals surface area contributed by atoms with Crippen LogP contribution in [0.4, 0.5) is 0 Å². The molecule has 15 heavy (non-hydrogen) atoms. The predicted octanol–water partition coefficient (Wildman–Crippen LogP) is 4.98. The van der Waals surface area contributed by atoms with Crippen LogP contribution in [-0.4, -0.2) is 0 Å². The van der Waals surface area contributed by atoms with Crippen LogP contribution < -0.4 is 0 Å². The normalized spacial score (nSPS) is 26.5. The molecule has 0 atom stereocenters. The summed E-state index contributed by atoms with van der Waals surface area (Å²) in [5.74, 6) is 1.84. The molecule has 0 heterocycles. The molecule has 0 amide bonds. The molecule has 0 bridgehead atoms. The minimum atomic E-state index is 0.834. The van der Waals surface area contributed by atoms with E-state index in [9.17, 15) is 0 Å². The first-order valence-corrected chi connectivity index (χ1v) is 7.13. The maximum Gasteiger partial charge on any atom is 0.0165 e. The summed E-state index contributed by atoms with van der Waals surface area (Å²) in [5.41, 5.74) is 1.59. The molecular weight excluding hydrogens is 295 g/mol. The van der Waals surface area contributed by atoms with E-state index in [0.717, 1.165) is 11.8 Å². The van der Waals surface area contributed by atoms with Gasteiger partial charge in [0.2, 0.25) is 0 Å². The van der Waals surface area contributed by atoms with Gasteiger partial charge in [-0.25, -0.2) is 0 Å². The summed E-state index contributed by atoms with van der Waals surface area (Å²) in [7, 11) is 0. The fourth-order valence-corrected chi connectivity index (χ4v) is 3.52. The molecule has 2 rings (SSSR count). The molecule has 1 fully saturated rings. The molecule has 0 aliphatic heterocycles. The van der Waals surface area contributed by atoms with Crippen molar-refractivity contribution in [2.75, 3.05) is 0 Å². The molecule has 0 radical (unpaired) electrons. The topological polar surface area (TPSA) is 0 Å². The molecule has 0 N–H and O–H groups in total. The third-order valence-corrected chi connectivity index (χ3v) is 4.75. The van der Waals surface area contributed by atoms with E-state index in [1.54, 1.807) is 5.56 Å². The summed E-state index contributed by atoms with van der Waals surface area (Å²) in [5, 5.41) is 0. The van der Waals surface area contributed by atoms with Gasteiger partial charge >= 0.3 is 0 Å². The lowest BCUT2D eigenvalue weighted by atomic mass is 9.78. The first-order chi connectivity index (χ1) is 7.31. The molecule has 0 saturated heterocycles. The van der Waals surface area contributed by atoms with Crippen molar-refractivity contribution in [3.8, 4) is 0 Å². The van der Waals surface area contributed by atoms with Gasteiger partial charge in [0.25, 0.3) is 0 Å². The van der Waals surface area contributed by atoms with Crippen LogP contribution in [-0.2, 0) is 0 Å². The number of hydrogen-bond donors (Lipinski definition) is 0. The molecule has 1 aliphatic carbocycles. The van der Waals surface area contributed by atoms with E-state index in [-0.39, 0.29) is 0 Å². The first kappa shape index (κ1) is 11.4. The van der Waals surface area contributed by atoms with Crippen LogP contribution in [0.15, 0.2) is 24.3 Å². The molecule has 0 aromatic heterocycles. The molecular formula is C14H19I. The van der Waals surface area contributed by atoms with Gasteiger partial charge in [0.1, 0.15) is 0 Å². The molecule has 1 aromatic rings. The fourth-order valence-electron chi connectivity index (χ4n) is 2.69. The molecule has 82 valence electrons. The quantitative estimate of drug-likeness (QED) is 0.676. The second-order valence-corrected chi connectivity index (χ2v) is 5.81. The summed E-state index contributed by atoms with van der Waals surface area (Å²) < 4.78 is 1.45. The maximum absolute atomic E-state index is 2.48. The van der Waals surface area contributed by atoms with Crippen molar-refractivity contribution in [2.45, 2.75) is 44.9 Å². The van der Waals surface area contributed by atoms with Gasteiger partial charge in [-0.05, 0) is 71.7 Å². The monoisotopic (exact) mass is 314 g/mol. The standard InChI is InChI=1S/C14H19I/c1-2-11-7-9-12(10-8-11)13-5-3-4-6-14(13)15/h3-6,11-12H,2,7-10H2,1H3. The minimum absolute atomic E-state index is 0.834. The highest BCUT2D eigenvalue weighted by atomic mass is 127. The Bertz CT molecular complexity index is 311. The number of rotatable bonds is 2. The lowest BCUT2D eigenvalue weighted by Gasteiger charge is -2.28. The van der Waals surface area contributed by atoms with Crippen molar-refractivity contribution in [1.82, 2.24) is 0 Å². The third kappa shape index (κ3) is 2.74. The van der Waals surface area contributed by atoms with Crippen molar-refractivity contribution >= 4 is 22.6 Å². The predicted molar refractivity (Wildman–Crippen MR) is 74.1 cm³/mol. The van der Waals surface area contributed by atoms with Crippen LogP contribution in [0, 0.1) is 9.49 Å². The smallest absolute Gasteiger partial charge is 0.0165 e. The second-order valence-electron chi connectivity index (χ2n) is 4.65. The summed E-state index contributed by atoms with van der Waals surface area (Å²) in [6, 6.07) is 8.88. The average molecular weight is 314 g/mol. The summed E-state index contributed by atoms with van der Waals surface area (Å²) in [4.78, 5) is 0. The summed E-state index contributed by atoms with van der Waals surface area (Å²) in [6.45, 7) is 2.33. The Kier molecular flexibility index (Phi) is 4.06. The van der Waals surface area contributed by atoms with Gasteiger partial charge < -0.3 is 0 Å². The Hall–Kier alpha value is -0.0500. The molecule has 0 spiro atoms. The molecule has 1 aromatic carbocycles. The molecule has 1 saturated carbocycles. The SMILES string of the molecule is CCC1CCC(c2ccccc2I)CC1. The van der Waals surface area contributed by atoms with Crippen molar-refractivity contribution in [2.24, 2.45) is 5.92 Å². The number of halogens is 1. The summed E-state index contributed by atoms with van der Waals surface area (Å²) in [6.07, 6.45) is 7.05. The van der Waals surface area contributed by atoms with Crippen molar-refractivity contribution in [3.05, 3.63) is 33.4 Å². The lowest BCUT2D eigenvalue weighted by molar-refractivity contribution is 0.318. The highest BCUT2D eigenvalue weighted by Gasteiger charge is 2.22. The summed E-state index contributed by atoms with van der Waals surface area (Å²) >= 11 is 2.48.